The van der Waals surface area contributed by atoms with E-state index in [0.717, 1.165) is 12.1 Å². The van der Waals surface area contributed by atoms with Crippen molar-refractivity contribution >= 4 is 5.91 Å². The maximum atomic E-state index is 13.1. The van der Waals surface area contributed by atoms with E-state index in [9.17, 15) is 14.3 Å². The molecule has 1 aromatic rings. The number of phenolic OH excluding ortho intramolecular Hbond substituents is 1. The molecule has 0 aliphatic carbocycles. The third kappa shape index (κ3) is 2.06. The second-order valence-electron chi connectivity index (χ2n) is 5.21. The van der Waals surface area contributed by atoms with Crippen LogP contribution in [0.4, 0.5) is 4.39 Å². The van der Waals surface area contributed by atoms with Crippen molar-refractivity contribution in [3.05, 3.63) is 29.6 Å². The Morgan fingerprint density at radius 2 is 2.11 bits per heavy atom. The topological polar surface area (TPSA) is 66.6 Å². The van der Waals surface area contributed by atoms with E-state index in [0.29, 0.717) is 13.1 Å². The van der Waals surface area contributed by atoms with Crippen LogP contribution in [0.5, 0.6) is 5.75 Å². The molecule has 0 spiro atoms. The quantitative estimate of drug-likeness (QED) is 0.834. The van der Waals surface area contributed by atoms with E-state index >= 15 is 0 Å². The fourth-order valence-corrected chi connectivity index (χ4v) is 2.02. The first-order valence-corrected chi connectivity index (χ1v) is 5.90. The van der Waals surface area contributed by atoms with Gasteiger partial charge in [-0.1, -0.05) is 13.8 Å². The van der Waals surface area contributed by atoms with E-state index in [2.05, 4.69) is 0 Å². The molecule has 1 amide bonds. The first-order valence-electron chi connectivity index (χ1n) is 5.90. The van der Waals surface area contributed by atoms with E-state index < -0.39 is 5.82 Å². The van der Waals surface area contributed by atoms with Crippen molar-refractivity contribution in [3.63, 3.8) is 0 Å². The van der Waals surface area contributed by atoms with Crippen LogP contribution in [-0.4, -0.2) is 34.5 Å². The zero-order chi connectivity index (χ0) is 13.5. The fourth-order valence-electron chi connectivity index (χ4n) is 2.02. The number of amides is 1. The number of carbonyl (C=O) groups excluding carboxylic acids is 1. The molecule has 1 aromatic carbocycles. The molecule has 0 aromatic heterocycles. The molecule has 0 bridgehead atoms. The van der Waals surface area contributed by atoms with Gasteiger partial charge in [0.15, 0.2) is 0 Å². The highest BCUT2D eigenvalue weighted by molar-refractivity contribution is 5.97. The molecule has 1 saturated heterocycles. The Hall–Kier alpha value is -1.62. The lowest BCUT2D eigenvalue weighted by molar-refractivity contribution is 0.0272. The predicted molar refractivity (Wildman–Crippen MR) is 65.7 cm³/mol. The summed E-state index contributed by atoms with van der Waals surface area (Å²) in [6.07, 6.45) is 0. The number of phenols is 1. The number of hydrogen-bond donors (Lipinski definition) is 2. The van der Waals surface area contributed by atoms with Crippen LogP contribution in [0.15, 0.2) is 18.2 Å². The van der Waals surface area contributed by atoms with Crippen LogP contribution in [0.3, 0.4) is 0 Å². The molecule has 1 aliphatic rings. The first kappa shape index (κ1) is 12.8. The van der Waals surface area contributed by atoms with E-state index in [1.165, 1.54) is 11.0 Å². The van der Waals surface area contributed by atoms with Gasteiger partial charge < -0.3 is 15.7 Å². The molecular formula is C13H17FN2O2. The summed E-state index contributed by atoms with van der Waals surface area (Å²) in [6, 6.07) is 3.34. The number of rotatable bonds is 2. The van der Waals surface area contributed by atoms with E-state index in [1.54, 1.807) is 0 Å². The third-order valence-electron chi connectivity index (χ3n) is 3.60. The molecule has 18 heavy (non-hydrogen) atoms. The second-order valence-corrected chi connectivity index (χ2v) is 5.21. The number of likely N-dealkylation sites (tertiary alicyclic amines) is 1. The highest BCUT2D eigenvalue weighted by Crippen LogP contribution is 2.29. The lowest BCUT2D eigenvalue weighted by Crippen LogP contribution is -2.71. The molecular weight excluding hydrogens is 235 g/mol. The number of halogens is 1. The van der Waals surface area contributed by atoms with Crippen molar-refractivity contribution in [2.45, 2.75) is 19.4 Å². The number of benzene rings is 1. The van der Waals surface area contributed by atoms with Gasteiger partial charge in [0.1, 0.15) is 11.6 Å². The summed E-state index contributed by atoms with van der Waals surface area (Å²) < 4.78 is 13.1. The predicted octanol–water partition coefficient (Wildman–Crippen LogP) is 1.34. The van der Waals surface area contributed by atoms with Gasteiger partial charge >= 0.3 is 0 Å². The highest BCUT2D eigenvalue weighted by atomic mass is 19.1. The van der Waals surface area contributed by atoms with Crippen molar-refractivity contribution in [2.75, 3.05) is 13.1 Å². The summed E-state index contributed by atoms with van der Waals surface area (Å²) in [7, 11) is 0. The number of nitrogens with zero attached hydrogens (tertiary/aromatic N) is 1. The fraction of sp³-hybridized carbons (Fsp3) is 0.462. The summed E-state index contributed by atoms with van der Waals surface area (Å²) in [5.74, 6) is -0.864. The Morgan fingerprint density at radius 1 is 1.50 bits per heavy atom. The standard InChI is InChI=1S/C13H17FN2O2/c1-8(2)13(15)6-16(7-13)12(18)10-5-9(14)3-4-11(10)17/h3-5,8,17H,6-7,15H2,1-2H3. The van der Waals surface area contributed by atoms with Gasteiger partial charge in [-0.2, -0.15) is 0 Å². The van der Waals surface area contributed by atoms with Gasteiger partial charge in [-0.25, -0.2) is 4.39 Å². The summed E-state index contributed by atoms with van der Waals surface area (Å²) in [5, 5.41) is 9.57. The monoisotopic (exact) mass is 252 g/mol. The molecule has 0 unspecified atom stereocenters. The number of carbonyl (C=O) groups is 1. The van der Waals surface area contributed by atoms with E-state index in [1.807, 2.05) is 13.8 Å². The van der Waals surface area contributed by atoms with Crippen molar-refractivity contribution in [1.82, 2.24) is 4.90 Å². The third-order valence-corrected chi connectivity index (χ3v) is 3.60. The van der Waals surface area contributed by atoms with Crippen LogP contribution < -0.4 is 5.73 Å². The summed E-state index contributed by atoms with van der Waals surface area (Å²) in [5.41, 5.74) is 5.70. The minimum absolute atomic E-state index is 0.0131. The van der Waals surface area contributed by atoms with Crippen molar-refractivity contribution < 1.29 is 14.3 Å². The molecule has 1 aliphatic heterocycles. The van der Waals surface area contributed by atoms with Gasteiger partial charge in [0.2, 0.25) is 0 Å². The Kier molecular flexibility index (Phi) is 3.02. The van der Waals surface area contributed by atoms with Crippen molar-refractivity contribution in [2.24, 2.45) is 11.7 Å². The lowest BCUT2D eigenvalue weighted by atomic mass is 9.80. The van der Waals surface area contributed by atoms with Crippen LogP contribution in [-0.2, 0) is 0 Å². The molecule has 1 heterocycles. The van der Waals surface area contributed by atoms with Gasteiger partial charge in [-0.15, -0.1) is 0 Å². The van der Waals surface area contributed by atoms with Crippen LogP contribution in [0.25, 0.3) is 0 Å². The first-order chi connectivity index (χ1) is 8.33. The van der Waals surface area contributed by atoms with Gasteiger partial charge in [-0.3, -0.25) is 4.79 Å². The molecule has 98 valence electrons. The Morgan fingerprint density at radius 3 is 2.67 bits per heavy atom. The largest absolute Gasteiger partial charge is 0.507 e. The Labute approximate surface area is 105 Å². The summed E-state index contributed by atoms with van der Waals surface area (Å²) in [6.45, 7) is 4.86. The van der Waals surface area contributed by atoms with Gasteiger partial charge in [-0.05, 0) is 24.1 Å². The molecule has 2 rings (SSSR count). The number of nitrogens with two attached hydrogens (primary N) is 1. The van der Waals surface area contributed by atoms with E-state index in [-0.39, 0.29) is 28.7 Å². The molecule has 3 N–H and O–H groups in total. The number of aromatic hydroxyl groups is 1. The van der Waals surface area contributed by atoms with Crippen LogP contribution in [0, 0.1) is 11.7 Å². The van der Waals surface area contributed by atoms with Crippen LogP contribution in [0.2, 0.25) is 0 Å². The smallest absolute Gasteiger partial charge is 0.257 e. The molecule has 4 nitrogen and oxygen atoms in total. The van der Waals surface area contributed by atoms with E-state index in [4.69, 9.17) is 5.73 Å². The number of hydrogen-bond acceptors (Lipinski definition) is 3. The second kappa shape index (κ2) is 4.24. The molecule has 0 atom stereocenters. The van der Waals surface area contributed by atoms with Gasteiger partial charge in [0.05, 0.1) is 11.1 Å². The maximum Gasteiger partial charge on any atom is 0.257 e. The van der Waals surface area contributed by atoms with Gasteiger partial charge in [0.25, 0.3) is 5.91 Å². The highest BCUT2D eigenvalue weighted by Gasteiger charge is 2.44. The van der Waals surface area contributed by atoms with Crippen LogP contribution >= 0.6 is 0 Å². The minimum atomic E-state index is -0.542. The van der Waals surface area contributed by atoms with Gasteiger partial charge in [0, 0.05) is 13.1 Å². The summed E-state index contributed by atoms with van der Waals surface area (Å²) in [4.78, 5) is 13.6. The zero-order valence-electron chi connectivity index (χ0n) is 10.5. The normalized spacial score (nSPS) is 17.7. The minimum Gasteiger partial charge on any atom is -0.507 e. The average Bonchev–Trinajstić information content (AvgIpc) is 2.27. The molecule has 5 heteroatoms. The van der Waals surface area contributed by atoms with Crippen molar-refractivity contribution in [1.29, 1.82) is 0 Å². The maximum absolute atomic E-state index is 13.1. The molecule has 0 saturated carbocycles. The SMILES string of the molecule is CC(C)C1(N)CN(C(=O)c2cc(F)ccc2O)C1. The average molecular weight is 252 g/mol. The Bertz CT molecular complexity index is 482. The van der Waals surface area contributed by atoms with Crippen molar-refractivity contribution in [3.8, 4) is 5.75 Å². The molecule has 1 fully saturated rings. The lowest BCUT2D eigenvalue weighted by Gasteiger charge is -2.50. The van der Waals surface area contributed by atoms with Crippen LogP contribution in [0.1, 0.15) is 24.2 Å². The molecule has 0 radical (unpaired) electrons. The Balaban J connectivity index is 2.13. The zero-order valence-corrected chi connectivity index (χ0v) is 10.5. The summed E-state index contributed by atoms with van der Waals surface area (Å²) >= 11 is 0.